The van der Waals surface area contributed by atoms with Gasteiger partial charge in [-0.15, -0.1) is 0 Å². The van der Waals surface area contributed by atoms with Gasteiger partial charge in [0.2, 0.25) is 0 Å². The first-order valence-corrected chi connectivity index (χ1v) is 7.44. The lowest BCUT2D eigenvalue weighted by Gasteiger charge is -2.37. The van der Waals surface area contributed by atoms with Crippen LogP contribution in [-0.4, -0.2) is 16.1 Å². The number of carboxylic acid groups (broad SMARTS) is 1. The van der Waals surface area contributed by atoms with E-state index in [1.54, 1.807) is 12.1 Å². The molecule has 0 radical (unpaired) electrons. The van der Waals surface area contributed by atoms with E-state index in [2.05, 4.69) is 22.5 Å². The molecule has 2 N–H and O–H groups in total. The third kappa shape index (κ3) is 1.99. The zero-order valence-corrected chi connectivity index (χ0v) is 11.9. The summed E-state index contributed by atoms with van der Waals surface area (Å²) in [5.41, 5.74) is 3.69. The highest BCUT2D eigenvalue weighted by atomic mass is 16.4. The SMILES string of the molecule is O=C(O)c1ccc2c(c1)[C@@H]1C=CC[C@H]1[C@@H](c1ccncc1)N2. The van der Waals surface area contributed by atoms with E-state index in [4.69, 9.17) is 0 Å². The van der Waals surface area contributed by atoms with Crippen molar-refractivity contribution in [3.05, 3.63) is 71.6 Å². The topological polar surface area (TPSA) is 62.2 Å². The third-order valence-corrected chi connectivity index (χ3v) is 4.67. The highest BCUT2D eigenvalue weighted by Crippen LogP contribution is 2.49. The number of fused-ring (bicyclic) bond motifs is 3. The number of hydrogen-bond acceptors (Lipinski definition) is 3. The Balaban J connectivity index is 1.79. The zero-order valence-electron chi connectivity index (χ0n) is 11.9. The summed E-state index contributed by atoms with van der Waals surface area (Å²) in [6, 6.07) is 9.67. The lowest BCUT2D eigenvalue weighted by atomic mass is 9.77. The van der Waals surface area contributed by atoms with E-state index in [0.29, 0.717) is 11.5 Å². The van der Waals surface area contributed by atoms with Gasteiger partial charge in [0.25, 0.3) is 0 Å². The molecule has 1 aliphatic heterocycles. The molecule has 3 atom stereocenters. The lowest BCUT2D eigenvalue weighted by molar-refractivity contribution is 0.0696. The van der Waals surface area contributed by atoms with Crippen LogP contribution in [0.25, 0.3) is 0 Å². The lowest BCUT2D eigenvalue weighted by Crippen LogP contribution is -2.29. The number of nitrogens with zero attached hydrogens (tertiary/aromatic N) is 1. The van der Waals surface area contributed by atoms with E-state index in [-0.39, 0.29) is 12.0 Å². The molecule has 0 spiro atoms. The van der Waals surface area contributed by atoms with Gasteiger partial charge in [0.05, 0.1) is 11.6 Å². The fraction of sp³-hybridized carbons (Fsp3) is 0.222. The summed E-state index contributed by atoms with van der Waals surface area (Å²) in [6.45, 7) is 0. The Labute approximate surface area is 128 Å². The summed E-state index contributed by atoms with van der Waals surface area (Å²) in [7, 11) is 0. The number of anilines is 1. The fourth-order valence-electron chi connectivity index (χ4n) is 3.63. The van der Waals surface area contributed by atoms with Gasteiger partial charge in [-0.3, -0.25) is 4.98 Å². The summed E-state index contributed by atoms with van der Waals surface area (Å²) >= 11 is 0. The minimum atomic E-state index is -0.877. The predicted octanol–water partition coefficient (Wildman–Crippen LogP) is 3.61. The first-order chi connectivity index (χ1) is 10.7. The van der Waals surface area contributed by atoms with Crippen LogP contribution in [0.1, 0.15) is 39.9 Å². The zero-order chi connectivity index (χ0) is 15.1. The van der Waals surface area contributed by atoms with Gasteiger partial charge in [-0.05, 0) is 53.8 Å². The van der Waals surface area contributed by atoms with Crippen LogP contribution in [-0.2, 0) is 0 Å². The normalized spacial score (nSPS) is 25.2. The maximum atomic E-state index is 11.2. The van der Waals surface area contributed by atoms with E-state index >= 15 is 0 Å². The molecule has 1 aliphatic carbocycles. The second-order valence-corrected chi connectivity index (χ2v) is 5.86. The van der Waals surface area contributed by atoms with E-state index in [9.17, 15) is 9.90 Å². The molecule has 2 aliphatic rings. The first kappa shape index (κ1) is 13.1. The van der Waals surface area contributed by atoms with Gasteiger partial charge in [-0.25, -0.2) is 4.79 Å². The van der Waals surface area contributed by atoms with E-state index in [1.165, 1.54) is 5.56 Å². The molecule has 0 bridgehead atoms. The van der Waals surface area contributed by atoms with Crippen LogP contribution in [0.15, 0.2) is 54.9 Å². The van der Waals surface area contributed by atoms with Crippen molar-refractivity contribution in [2.24, 2.45) is 5.92 Å². The molecule has 0 saturated carbocycles. The summed E-state index contributed by atoms with van der Waals surface area (Å²) in [6.07, 6.45) is 9.05. The van der Waals surface area contributed by atoms with Crippen molar-refractivity contribution in [2.45, 2.75) is 18.4 Å². The van der Waals surface area contributed by atoms with Crippen molar-refractivity contribution in [1.29, 1.82) is 0 Å². The van der Waals surface area contributed by atoms with Crippen molar-refractivity contribution in [1.82, 2.24) is 4.98 Å². The molecule has 1 aromatic heterocycles. The standard InChI is InChI=1S/C18H16N2O2/c21-18(22)12-4-5-16-15(10-12)13-2-1-3-14(13)17(20-16)11-6-8-19-9-7-11/h1-2,4-10,13-14,17,20H,3H2,(H,21,22)/t13-,14-,17-/m1/s1. The molecule has 4 nitrogen and oxygen atoms in total. The third-order valence-electron chi connectivity index (χ3n) is 4.67. The molecular formula is C18H16N2O2. The molecule has 1 aromatic carbocycles. The number of aromatic carboxylic acids is 1. The first-order valence-electron chi connectivity index (χ1n) is 7.44. The van der Waals surface area contributed by atoms with E-state index < -0.39 is 5.97 Å². The van der Waals surface area contributed by atoms with Crippen molar-refractivity contribution in [3.63, 3.8) is 0 Å². The Morgan fingerprint density at radius 2 is 2.05 bits per heavy atom. The van der Waals surface area contributed by atoms with E-state index in [0.717, 1.165) is 17.7 Å². The Kier molecular flexibility index (Phi) is 2.96. The van der Waals surface area contributed by atoms with Gasteiger partial charge in [0.1, 0.15) is 0 Å². The number of nitrogens with one attached hydrogen (secondary N) is 1. The monoisotopic (exact) mass is 292 g/mol. The van der Waals surface area contributed by atoms with Crippen LogP contribution in [0.4, 0.5) is 5.69 Å². The Morgan fingerprint density at radius 3 is 2.82 bits per heavy atom. The second kappa shape index (κ2) is 4.98. The van der Waals surface area contributed by atoms with Crippen molar-refractivity contribution < 1.29 is 9.90 Å². The summed E-state index contributed by atoms with van der Waals surface area (Å²) in [5, 5.41) is 12.8. The number of aromatic nitrogens is 1. The Morgan fingerprint density at radius 1 is 1.23 bits per heavy atom. The molecule has 4 rings (SSSR count). The molecule has 22 heavy (non-hydrogen) atoms. The van der Waals surface area contributed by atoms with Gasteiger partial charge in [-0.2, -0.15) is 0 Å². The molecule has 0 fully saturated rings. The van der Waals surface area contributed by atoms with Crippen molar-refractivity contribution in [2.75, 3.05) is 5.32 Å². The number of benzene rings is 1. The van der Waals surface area contributed by atoms with Crippen LogP contribution >= 0.6 is 0 Å². The maximum absolute atomic E-state index is 11.2. The van der Waals surface area contributed by atoms with Crippen molar-refractivity contribution >= 4 is 11.7 Å². The molecule has 110 valence electrons. The number of rotatable bonds is 2. The van der Waals surface area contributed by atoms with Gasteiger partial charge in [0, 0.05) is 24.0 Å². The number of carboxylic acids is 1. The number of allylic oxidation sites excluding steroid dienone is 2. The van der Waals surface area contributed by atoms with Gasteiger partial charge in [0.15, 0.2) is 0 Å². The molecule has 0 saturated heterocycles. The van der Waals surface area contributed by atoms with Gasteiger partial charge >= 0.3 is 5.97 Å². The second-order valence-electron chi connectivity index (χ2n) is 5.86. The number of pyridine rings is 1. The minimum Gasteiger partial charge on any atom is -0.478 e. The van der Waals surface area contributed by atoms with Crippen LogP contribution in [0.2, 0.25) is 0 Å². The summed E-state index contributed by atoms with van der Waals surface area (Å²) < 4.78 is 0. The highest BCUT2D eigenvalue weighted by Gasteiger charge is 2.38. The molecular weight excluding hydrogens is 276 g/mol. The van der Waals surface area contributed by atoms with E-state index in [1.807, 2.05) is 30.6 Å². The van der Waals surface area contributed by atoms with Crippen LogP contribution < -0.4 is 5.32 Å². The van der Waals surface area contributed by atoms with Crippen LogP contribution in [0.5, 0.6) is 0 Å². The van der Waals surface area contributed by atoms with Gasteiger partial charge < -0.3 is 10.4 Å². The average Bonchev–Trinajstić information content (AvgIpc) is 3.04. The van der Waals surface area contributed by atoms with Crippen molar-refractivity contribution in [3.8, 4) is 0 Å². The Bertz CT molecular complexity index is 755. The molecule has 2 aromatic rings. The number of hydrogen-bond donors (Lipinski definition) is 2. The molecule has 4 heteroatoms. The summed E-state index contributed by atoms with van der Waals surface area (Å²) in [4.78, 5) is 15.3. The minimum absolute atomic E-state index is 0.228. The average molecular weight is 292 g/mol. The quantitative estimate of drug-likeness (QED) is 0.830. The smallest absolute Gasteiger partial charge is 0.335 e. The number of carbonyl (C=O) groups is 1. The van der Waals surface area contributed by atoms with Crippen LogP contribution in [0, 0.1) is 5.92 Å². The summed E-state index contributed by atoms with van der Waals surface area (Å²) in [5.74, 6) is -0.190. The largest absolute Gasteiger partial charge is 0.478 e. The highest BCUT2D eigenvalue weighted by molar-refractivity contribution is 5.89. The molecule has 0 unspecified atom stereocenters. The predicted molar refractivity (Wildman–Crippen MR) is 84.0 cm³/mol. The maximum Gasteiger partial charge on any atom is 0.335 e. The van der Waals surface area contributed by atoms with Gasteiger partial charge in [-0.1, -0.05) is 12.2 Å². The fourth-order valence-corrected chi connectivity index (χ4v) is 3.63. The molecule has 2 heterocycles. The van der Waals surface area contributed by atoms with Crippen LogP contribution in [0.3, 0.4) is 0 Å². The molecule has 0 amide bonds. The Hall–Kier alpha value is -2.62.